The average Bonchev–Trinajstić information content (AvgIpc) is 3.30. The average molecular weight is 384 g/mol. The monoisotopic (exact) mass is 383 g/mol. The van der Waals surface area contributed by atoms with Crippen LogP contribution >= 0.6 is 0 Å². The van der Waals surface area contributed by atoms with Crippen LogP contribution in [-0.4, -0.2) is 54.8 Å². The van der Waals surface area contributed by atoms with Gasteiger partial charge in [0.05, 0.1) is 0 Å². The standard InChI is InChI=1S/C23H33N3O2/c1-17-18(2)25(3)21-7-6-19(14-20(17)21)22(27)24-15-23(8-12-28-13-9-23)16-26-10-4-5-11-26/h6-7,14H,4-5,8-13,15-16H2,1-3H3,(H,24,27). The van der Waals surface area contributed by atoms with E-state index in [9.17, 15) is 4.79 Å². The molecule has 1 amide bonds. The second-order valence-electron chi connectivity index (χ2n) is 8.78. The fraction of sp³-hybridized carbons (Fsp3) is 0.609. The number of hydrogen-bond acceptors (Lipinski definition) is 3. The van der Waals surface area contributed by atoms with E-state index in [-0.39, 0.29) is 11.3 Å². The number of carbonyl (C=O) groups excluding carboxylic acids is 1. The molecule has 0 bridgehead atoms. The Bertz CT molecular complexity index is 858. The number of ether oxygens (including phenoxy) is 1. The number of benzene rings is 1. The third kappa shape index (κ3) is 3.70. The largest absolute Gasteiger partial charge is 0.381 e. The summed E-state index contributed by atoms with van der Waals surface area (Å²) in [6, 6.07) is 6.07. The second kappa shape index (κ2) is 7.88. The number of rotatable bonds is 5. The summed E-state index contributed by atoms with van der Waals surface area (Å²) in [5.41, 5.74) is 4.58. The molecule has 28 heavy (non-hydrogen) atoms. The van der Waals surface area contributed by atoms with Gasteiger partial charge in [0.1, 0.15) is 0 Å². The molecule has 0 aliphatic carbocycles. The fourth-order valence-electron chi connectivity index (χ4n) is 4.88. The number of likely N-dealkylation sites (tertiary alicyclic amines) is 1. The minimum atomic E-state index is 0.0371. The molecular formula is C23H33N3O2. The lowest BCUT2D eigenvalue weighted by atomic mass is 9.79. The van der Waals surface area contributed by atoms with Gasteiger partial charge in [0.2, 0.25) is 0 Å². The Morgan fingerprint density at radius 3 is 2.61 bits per heavy atom. The summed E-state index contributed by atoms with van der Waals surface area (Å²) in [4.78, 5) is 15.5. The molecule has 2 saturated heterocycles. The van der Waals surface area contributed by atoms with E-state index in [1.807, 2.05) is 12.1 Å². The molecule has 0 unspecified atom stereocenters. The highest BCUT2D eigenvalue weighted by molar-refractivity contribution is 5.99. The van der Waals surface area contributed by atoms with E-state index in [0.29, 0.717) is 0 Å². The van der Waals surface area contributed by atoms with Gasteiger partial charge in [-0.15, -0.1) is 0 Å². The highest BCUT2D eigenvalue weighted by atomic mass is 16.5. The summed E-state index contributed by atoms with van der Waals surface area (Å²) in [6.07, 6.45) is 4.66. The highest BCUT2D eigenvalue weighted by Crippen LogP contribution is 2.32. The maximum absolute atomic E-state index is 13.0. The van der Waals surface area contributed by atoms with Crippen LogP contribution in [0.5, 0.6) is 0 Å². The second-order valence-corrected chi connectivity index (χ2v) is 8.78. The van der Waals surface area contributed by atoms with Crippen molar-refractivity contribution in [1.29, 1.82) is 0 Å². The van der Waals surface area contributed by atoms with Crippen molar-refractivity contribution < 1.29 is 9.53 Å². The van der Waals surface area contributed by atoms with E-state index >= 15 is 0 Å². The molecule has 0 radical (unpaired) electrons. The molecule has 2 fully saturated rings. The normalized spacial score (nSPS) is 20.0. The van der Waals surface area contributed by atoms with Crippen molar-refractivity contribution >= 4 is 16.8 Å². The van der Waals surface area contributed by atoms with E-state index in [1.54, 1.807) is 0 Å². The van der Waals surface area contributed by atoms with Crippen molar-refractivity contribution in [2.75, 3.05) is 39.4 Å². The Morgan fingerprint density at radius 1 is 1.18 bits per heavy atom. The number of nitrogens with one attached hydrogen (secondary N) is 1. The Balaban J connectivity index is 1.48. The lowest BCUT2D eigenvalue weighted by Gasteiger charge is -2.40. The summed E-state index contributed by atoms with van der Waals surface area (Å²) < 4.78 is 7.82. The molecule has 0 spiro atoms. The Labute approximate surface area is 168 Å². The molecule has 3 heterocycles. The van der Waals surface area contributed by atoms with E-state index in [4.69, 9.17) is 4.74 Å². The molecule has 152 valence electrons. The zero-order valence-electron chi connectivity index (χ0n) is 17.5. The van der Waals surface area contributed by atoms with Crippen molar-refractivity contribution in [3.05, 3.63) is 35.0 Å². The minimum absolute atomic E-state index is 0.0371. The van der Waals surface area contributed by atoms with Crippen LogP contribution in [0.1, 0.15) is 47.3 Å². The quantitative estimate of drug-likeness (QED) is 0.861. The van der Waals surface area contributed by atoms with Crippen LogP contribution in [0.4, 0.5) is 0 Å². The molecule has 5 heteroatoms. The van der Waals surface area contributed by atoms with Gasteiger partial charge in [-0.2, -0.15) is 0 Å². The van der Waals surface area contributed by atoms with Crippen molar-refractivity contribution in [3.8, 4) is 0 Å². The van der Waals surface area contributed by atoms with Crippen molar-refractivity contribution in [2.45, 2.75) is 39.5 Å². The SMILES string of the molecule is Cc1c(C)n(C)c2ccc(C(=O)NCC3(CN4CCCC4)CCOCC3)cc12. The molecule has 1 aromatic heterocycles. The number of nitrogens with zero attached hydrogens (tertiary/aromatic N) is 2. The summed E-state index contributed by atoms with van der Waals surface area (Å²) in [5, 5.41) is 4.43. The van der Waals surface area contributed by atoms with Crippen LogP contribution in [0.15, 0.2) is 18.2 Å². The van der Waals surface area contributed by atoms with Crippen LogP contribution < -0.4 is 5.32 Å². The third-order valence-corrected chi connectivity index (χ3v) is 7.01. The molecule has 4 rings (SSSR count). The van der Waals surface area contributed by atoms with Gasteiger partial charge < -0.3 is 19.5 Å². The zero-order valence-corrected chi connectivity index (χ0v) is 17.5. The minimum Gasteiger partial charge on any atom is -0.381 e. The zero-order chi connectivity index (χ0) is 19.7. The third-order valence-electron chi connectivity index (χ3n) is 7.01. The van der Waals surface area contributed by atoms with Gasteiger partial charge in [-0.1, -0.05) is 0 Å². The van der Waals surface area contributed by atoms with Crippen LogP contribution in [0.2, 0.25) is 0 Å². The number of fused-ring (bicyclic) bond motifs is 1. The van der Waals surface area contributed by atoms with Gasteiger partial charge in [-0.05, 0) is 76.4 Å². The topological polar surface area (TPSA) is 46.5 Å². The van der Waals surface area contributed by atoms with Crippen LogP contribution in [0, 0.1) is 19.3 Å². The van der Waals surface area contributed by atoms with E-state index < -0.39 is 0 Å². The van der Waals surface area contributed by atoms with Crippen molar-refractivity contribution in [2.24, 2.45) is 12.5 Å². The van der Waals surface area contributed by atoms with Gasteiger partial charge in [-0.3, -0.25) is 4.79 Å². The number of amides is 1. The van der Waals surface area contributed by atoms with Crippen molar-refractivity contribution in [3.63, 3.8) is 0 Å². The Morgan fingerprint density at radius 2 is 1.89 bits per heavy atom. The summed E-state index contributed by atoms with van der Waals surface area (Å²) in [6.45, 7) is 10.1. The maximum atomic E-state index is 13.0. The first-order valence-corrected chi connectivity index (χ1v) is 10.6. The molecule has 0 atom stereocenters. The molecule has 0 saturated carbocycles. The molecule has 1 aromatic carbocycles. The summed E-state index contributed by atoms with van der Waals surface area (Å²) >= 11 is 0. The predicted octanol–water partition coefficient (Wildman–Crippen LogP) is 3.42. The highest BCUT2D eigenvalue weighted by Gasteiger charge is 2.35. The van der Waals surface area contributed by atoms with Gasteiger partial charge in [0.25, 0.3) is 5.91 Å². The molecule has 2 aliphatic heterocycles. The first kappa shape index (κ1) is 19.5. The molecule has 2 aliphatic rings. The number of aromatic nitrogens is 1. The van der Waals surface area contributed by atoms with E-state index in [1.165, 1.54) is 48.1 Å². The van der Waals surface area contributed by atoms with Gasteiger partial charge >= 0.3 is 0 Å². The lowest BCUT2D eigenvalue weighted by Crippen LogP contribution is -2.48. The number of hydrogen-bond donors (Lipinski definition) is 1. The van der Waals surface area contributed by atoms with Gasteiger partial charge in [0, 0.05) is 60.9 Å². The maximum Gasteiger partial charge on any atom is 0.251 e. The summed E-state index contributed by atoms with van der Waals surface area (Å²) in [5.74, 6) is 0.0371. The molecule has 2 aromatic rings. The van der Waals surface area contributed by atoms with Crippen LogP contribution in [0.25, 0.3) is 10.9 Å². The van der Waals surface area contributed by atoms with Crippen LogP contribution in [0.3, 0.4) is 0 Å². The Hall–Kier alpha value is -1.85. The predicted molar refractivity (Wildman–Crippen MR) is 113 cm³/mol. The van der Waals surface area contributed by atoms with Gasteiger partial charge in [-0.25, -0.2) is 0 Å². The first-order valence-electron chi connectivity index (χ1n) is 10.6. The van der Waals surface area contributed by atoms with Crippen molar-refractivity contribution in [1.82, 2.24) is 14.8 Å². The molecule has 1 N–H and O–H groups in total. The number of carbonyl (C=O) groups is 1. The van der Waals surface area contributed by atoms with E-state index in [0.717, 1.165) is 44.7 Å². The summed E-state index contributed by atoms with van der Waals surface area (Å²) in [7, 11) is 2.08. The van der Waals surface area contributed by atoms with Gasteiger partial charge in [0.15, 0.2) is 0 Å². The van der Waals surface area contributed by atoms with E-state index in [2.05, 4.69) is 41.7 Å². The number of aryl methyl sites for hydroxylation is 2. The molecular weight excluding hydrogens is 350 g/mol. The lowest BCUT2D eigenvalue weighted by molar-refractivity contribution is -0.000628. The molecule has 5 nitrogen and oxygen atoms in total. The Kier molecular flexibility index (Phi) is 5.48. The fourth-order valence-corrected chi connectivity index (χ4v) is 4.88. The van der Waals surface area contributed by atoms with Crippen LogP contribution in [-0.2, 0) is 11.8 Å². The smallest absolute Gasteiger partial charge is 0.251 e. The first-order chi connectivity index (χ1) is 13.5.